The summed E-state index contributed by atoms with van der Waals surface area (Å²) < 4.78 is 11.4. The molecule has 3 heterocycles. The van der Waals surface area contributed by atoms with Gasteiger partial charge >= 0.3 is 0 Å². The predicted molar refractivity (Wildman–Crippen MR) is 128 cm³/mol. The van der Waals surface area contributed by atoms with Crippen molar-refractivity contribution in [3.05, 3.63) is 59.7 Å². The van der Waals surface area contributed by atoms with Gasteiger partial charge < -0.3 is 14.4 Å². The van der Waals surface area contributed by atoms with Crippen molar-refractivity contribution in [3.63, 3.8) is 0 Å². The summed E-state index contributed by atoms with van der Waals surface area (Å²) in [5, 5.41) is 0. The first-order chi connectivity index (χ1) is 16.0. The number of amides is 1. The molecule has 3 aliphatic heterocycles. The van der Waals surface area contributed by atoms with E-state index in [-0.39, 0.29) is 17.5 Å². The molecule has 2 aromatic rings. The Morgan fingerprint density at radius 2 is 1.79 bits per heavy atom. The summed E-state index contributed by atoms with van der Waals surface area (Å²) in [5.74, 6) is 1.84. The van der Waals surface area contributed by atoms with Gasteiger partial charge in [0.15, 0.2) is 11.5 Å². The van der Waals surface area contributed by atoms with Crippen molar-refractivity contribution in [1.82, 2.24) is 14.7 Å². The van der Waals surface area contributed by atoms with Gasteiger partial charge in [-0.3, -0.25) is 14.6 Å². The molecule has 2 saturated heterocycles. The summed E-state index contributed by atoms with van der Waals surface area (Å²) >= 11 is 0. The fraction of sp³-hybridized carbons (Fsp3) is 0.519. The molecule has 2 aromatic carbocycles. The predicted octanol–water partition coefficient (Wildman–Crippen LogP) is 3.72. The molecule has 176 valence electrons. The van der Waals surface area contributed by atoms with E-state index < -0.39 is 0 Å². The lowest BCUT2D eigenvalue weighted by atomic mass is 9.97. The lowest BCUT2D eigenvalue weighted by Gasteiger charge is -2.47. The number of carbonyl (C=O) groups excluding carboxylic acids is 1. The Hall–Kier alpha value is -2.57. The van der Waals surface area contributed by atoms with Crippen LogP contribution < -0.4 is 9.47 Å². The molecule has 1 atom stereocenters. The van der Waals surface area contributed by atoms with Crippen molar-refractivity contribution in [2.24, 2.45) is 0 Å². The summed E-state index contributed by atoms with van der Waals surface area (Å²) in [7, 11) is 0. The average Bonchev–Trinajstić information content (AvgIpc) is 3.31. The zero-order valence-corrected chi connectivity index (χ0v) is 19.8. The highest BCUT2D eigenvalue weighted by molar-refractivity contribution is 5.79. The molecular formula is C27H35N3O3. The zero-order valence-electron chi connectivity index (χ0n) is 19.8. The Morgan fingerprint density at radius 3 is 2.58 bits per heavy atom. The highest BCUT2D eigenvalue weighted by atomic mass is 16.6. The Kier molecular flexibility index (Phi) is 6.30. The van der Waals surface area contributed by atoms with E-state index in [1.165, 1.54) is 5.56 Å². The van der Waals surface area contributed by atoms with E-state index in [4.69, 9.17) is 9.47 Å². The summed E-state index contributed by atoms with van der Waals surface area (Å²) in [6, 6.07) is 16.9. The van der Waals surface area contributed by atoms with Gasteiger partial charge in [0, 0.05) is 38.3 Å². The normalized spacial score (nSPS) is 23.0. The van der Waals surface area contributed by atoms with Crippen LogP contribution in [0, 0.1) is 0 Å². The maximum absolute atomic E-state index is 13.4. The molecule has 6 nitrogen and oxygen atoms in total. The molecular weight excluding hydrogens is 414 g/mol. The Balaban J connectivity index is 1.21. The molecule has 0 aliphatic carbocycles. The van der Waals surface area contributed by atoms with E-state index in [2.05, 4.69) is 71.0 Å². The van der Waals surface area contributed by atoms with Crippen LogP contribution in [-0.2, 0) is 11.3 Å². The minimum Gasteiger partial charge on any atom is -0.486 e. The van der Waals surface area contributed by atoms with Gasteiger partial charge in [-0.25, -0.2) is 0 Å². The summed E-state index contributed by atoms with van der Waals surface area (Å²) in [5.41, 5.74) is 2.52. The van der Waals surface area contributed by atoms with Gasteiger partial charge in [-0.1, -0.05) is 36.4 Å². The van der Waals surface area contributed by atoms with Crippen LogP contribution in [-0.4, -0.2) is 72.1 Å². The van der Waals surface area contributed by atoms with E-state index in [1.807, 2.05) is 6.07 Å². The van der Waals surface area contributed by atoms with Crippen molar-refractivity contribution < 1.29 is 14.3 Å². The van der Waals surface area contributed by atoms with Crippen molar-refractivity contribution >= 4 is 5.91 Å². The van der Waals surface area contributed by atoms with Gasteiger partial charge in [0.25, 0.3) is 0 Å². The third kappa shape index (κ3) is 4.87. The van der Waals surface area contributed by atoms with Crippen molar-refractivity contribution in [2.45, 2.75) is 44.8 Å². The summed E-state index contributed by atoms with van der Waals surface area (Å²) in [6.07, 6.45) is 2.04. The number of rotatable bonds is 5. The highest BCUT2D eigenvalue weighted by Gasteiger charge is 2.36. The second kappa shape index (κ2) is 9.35. The topological polar surface area (TPSA) is 45.3 Å². The van der Waals surface area contributed by atoms with Crippen LogP contribution in [0.15, 0.2) is 48.5 Å². The Morgan fingerprint density at radius 1 is 1.00 bits per heavy atom. The van der Waals surface area contributed by atoms with Crippen LogP contribution in [0.25, 0.3) is 0 Å². The van der Waals surface area contributed by atoms with Gasteiger partial charge in [-0.2, -0.15) is 0 Å². The molecule has 0 saturated carbocycles. The molecule has 2 fully saturated rings. The Bertz CT molecular complexity index is 978. The minimum absolute atomic E-state index is 0.0224. The van der Waals surface area contributed by atoms with Crippen molar-refractivity contribution in [1.29, 1.82) is 0 Å². The lowest BCUT2D eigenvalue weighted by Crippen LogP contribution is -2.60. The zero-order chi connectivity index (χ0) is 22.8. The second-order valence-electron chi connectivity index (χ2n) is 10.1. The third-order valence-electron chi connectivity index (χ3n) is 7.25. The standard InChI is InChI=1S/C27H35N3O3/c1-27(2)20-28(13-14-29(27)18-21-7-4-3-5-8-21)19-26(31)30-12-6-9-23(30)22-10-11-24-25(17-22)33-16-15-32-24/h3-5,7-8,10-11,17,23H,6,9,12-16,18-20H2,1-2H3. The number of benzene rings is 2. The third-order valence-corrected chi connectivity index (χ3v) is 7.25. The van der Waals surface area contributed by atoms with Gasteiger partial charge in [0.05, 0.1) is 12.6 Å². The summed E-state index contributed by atoms with van der Waals surface area (Å²) in [6.45, 7) is 10.8. The molecule has 1 unspecified atom stereocenters. The number of piperazine rings is 1. The van der Waals surface area contributed by atoms with Gasteiger partial charge in [0.2, 0.25) is 5.91 Å². The number of hydrogen-bond acceptors (Lipinski definition) is 5. The first kappa shape index (κ1) is 22.2. The number of ether oxygens (including phenoxy) is 2. The maximum Gasteiger partial charge on any atom is 0.237 e. The van der Waals surface area contributed by atoms with Gasteiger partial charge in [-0.15, -0.1) is 0 Å². The van der Waals surface area contributed by atoms with E-state index >= 15 is 0 Å². The minimum atomic E-state index is 0.0224. The average molecular weight is 450 g/mol. The fourth-order valence-corrected chi connectivity index (χ4v) is 5.48. The van der Waals surface area contributed by atoms with Crippen LogP contribution in [0.4, 0.5) is 0 Å². The van der Waals surface area contributed by atoms with Gasteiger partial charge in [0.1, 0.15) is 13.2 Å². The molecule has 1 amide bonds. The second-order valence-corrected chi connectivity index (χ2v) is 10.1. The highest BCUT2D eigenvalue weighted by Crippen LogP contribution is 2.38. The van der Waals surface area contributed by atoms with Crippen LogP contribution >= 0.6 is 0 Å². The number of fused-ring (bicyclic) bond motifs is 1. The molecule has 0 N–H and O–H groups in total. The smallest absolute Gasteiger partial charge is 0.237 e. The Labute approximate surface area is 197 Å². The number of nitrogens with zero attached hydrogens (tertiary/aromatic N) is 3. The molecule has 3 aliphatic rings. The molecule has 0 aromatic heterocycles. The number of hydrogen-bond donors (Lipinski definition) is 0. The molecule has 0 radical (unpaired) electrons. The van der Waals surface area contributed by atoms with Crippen LogP contribution in [0.1, 0.15) is 43.9 Å². The molecule has 0 bridgehead atoms. The van der Waals surface area contributed by atoms with E-state index in [9.17, 15) is 4.79 Å². The van der Waals surface area contributed by atoms with Crippen LogP contribution in [0.3, 0.4) is 0 Å². The quantitative estimate of drug-likeness (QED) is 0.696. The van der Waals surface area contributed by atoms with Crippen molar-refractivity contribution in [2.75, 3.05) is 45.9 Å². The number of carbonyl (C=O) groups is 1. The maximum atomic E-state index is 13.4. The SMILES string of the molecule is CC1(C)CN(CC(=O)N2CCCC2c2ccc3c(c2)OCCO3)CCN1Cc1ccccc1. The van der Waals surface area contributed by atoms with E-state index in [0.717, 1.165) is 62.6 Å². The molecule has 6 heteroatoms. The van der Waals surface area contributed by atoms with Gasteiger partial charge in [-0.05, 0) is 49.9 Å². The molecule has 5 rings (SSSR count). The first-order valence-corrected chi connectivity index (χ1v) is 12.2. The van der Waals surface area contributed by atoms with E-state index in [0.29, 0.717) is 19.8 Å². The lowest BCUT2D eigenvalue weighted by molar-refractivity contribution is -0.134. The van der Waals surface area contributed by atoms with Crippen LogP contribution in [0.2, 0.25) is 0 Å². The number of likely N-dealkylation sites (tertiary alicyclic amines) is 1. The molecule has 33 heavy (non-hydrogen) atoms. The fourth-order valence-electron chi connectivity index (χ4n) is 5.48. The monoisotopic (exact) mass is 449 g/mol. The first-order valence-electron chi connectivity index (χ1n) is 12.2. The summed E-state index contributed by atoms with van der Waals surface area (Å²) in [4.78, 5) is 20.3. The van der Waals surface area contributed by atoms with E-state index in [1.54, 1.807) is 0 Å². The largest absolute Gasteiger partial charge is 0.486 e. The van der Waals surface area contributed by atoms with Crippen LogP contribution in [0.5, 0.6) is 11.5 Å². The van der Waals surface area contributed by atoms with Crippen molar-refractivity contribution in [3.8, 4) is 11.5 Å². The molecule has 0 spiro atoms.